The standard InChI is InChI=1S/C15H25N3O/c1-12-11-19-8-7-18(12)14-6-5-13(9-16-14)10-17-15(2,3)4/h5-6,9,12,17H,7-8,10-11H2,1-4H3. The van der Waals surface area contributed by atoms with Gasteiger partial charge in [0, 0.05) is 24.8 Å². The molecule has 0 aromatic carbocycles. The van der Waals surface area contributed by atoms with Gasteiger partial charge in [-0.2, -0.15) is 0 Å². The smallest absolute Gasteiger partial charge is 0.128 e. The zero-order chi connectivity index (χ0) is 13.9. The van der Waals surface area contributed by atoms with Crippen LogP contribution in [-0.2, 0) is 11.3 Å². The maximum atomic E-state index is 5.45. The molecule has 1 saturated heterocycles. The average molecular weight is 263 g/mol. The Morgan fingerprint density at radius 2 is 2.21 bits per heavy atom. The lowest BCUT2D eigenvalue weighted by molar-refractivity contribution is 0.0985. The van der Waals surface area contributed by atoms with E-state index in [0.717, 1.165) is 32.1 Å². The van der Waals surface area contributed by atoms with E-state index in [2.05, 4.69) is 55.0 Å². The highest BCUT2D eigenvalue weighted by molar-refractivity contribution is 5.41. The molecule has 1 unspecified atom stereocenters. The third kappa shape index (κ3) is 4.18. The molecule has 4 nitrogen and oxygen atoms in total. The van der Waals surface area contributed by atoms with E-state index in [0.29, 0.717) is 6.04 Å². The van der Waals surface area contributed by atoms with Gasteiger partial charge in [0.25, 0.3) is 0 Å². The normalized spacial score (nSPS) is 20.6. The molecule has 19 heavy (non-hydrogen) atoms. The molecule has 0 radical (unpaired) electrons. The molecule has 0 amide bonds. The molecule has 1 N–H and O–H groups in total. The van der Waals surface area contributed by atoms with Crippen LogP contribution in [0.3, 0.4) is 0 Å². The Balaban J connectivity index is 1.98. The summed E-state index contributed by atoms with van der Waals surface area (Å²) in [6, 6.07) is 4.67. The lowest BCUT2D eigenvalue weighted by atomic mass is 10.1. The molecule has 1 aromatic heterocycles. The predicted octanol–water partition coefficient (Wildman–Crippen LogP) is 2.19. The summed E-state index contributed by atoms with van der Waals surface area (Å²) < 4.78 is 5.45. The topological polar surface area (TPSA) is 37.4 Å². The molecule has 2 heterocycles. The van der Waals surface area contributed by atoms with Gasteiger partial charge in [-0.1, -0.05) is 6.07 Å². The van der Waals surface area contributed by atoms with E-state index in [-0.39, 0.29) is 5.54 Å². The molecule has 106 valence electrons. The lowest BCUT2D eigenvalue weighted by Crippen LogP contribution is -2.44. The van der Waals surface area contributed by atoms with Gasteiger partial charge in [-0.05, 0) is 39.3 Å². The summed E-state index contributed by atoms with van der Waals surface area (Å²) in [6.07, 6.45) is 1.97. The van der Waals surface area contributed by atoms with Crippen molar-refractivity contribution in [1.29, 1.82) is 0 Å². The van der Waals surface area contributed by atoms with Crippen molar-refractivity contribution in [2.75, 3.05) is 24.7 Å². The fraction of sp³-hybridized carbons (Fsp3) is 0.667. The molecule has 1 fully saturated rings. The van der Waals surface area contributed by atoms with Crippen LogP contribution in [-0.4, -0.2) is 36.3 Å². The van der Waals surface area contributed by atoms with Crippen molar-refractivity contribution in [3.8, 4) is 0 Å². The fourth-order valence-electron chi connectivity index (χ4n) is 2.13. The molecule has 1 aliphatic heterocycles. The van der Waals surface area contributed by atoms with Crippen molar-refractivity contribution in [3.05, 3.63) is 23.9 Å². The van der Waals surface area contributed by atoms with Gasteiger partial charge < -0.3 is 15.0 Å². The second-order valence-electron chi connectivity index (χ2n) is 6.25. The van der Waals surface area contributed by atoms with E-state index in [1.165, 1.54) is 5.56 Å². The fourth-order valence-corrected chi connectivity index (χ4v) is 2.13. The minimum atomic E-state index is 0.136. The minimum absolute atomic E-state index is 0.136. The van der Waals surface area contributed by atoms with Crippen molar-refractivity contribution < 1.29 is 4.74 Å². The van der Waals surface area contributed by atoms with Crippen molar-refractivity contribution in [1.82, 2.24) is 10.3 Å². The number of morpholine rings is 1. The Bertz CT molecular complexity index is 397. The van der Waals surface area contributed by atoms with E-state index in [1.54, 1.807) is 0 Å². The summed E-state index contributed by atoms with van der Waals surface area (Å²) in [4.78, 5) is 6.89. The number of hydrogen-bond acceptors (Lipinski definition) is 4. The Labute approximate surface area is 116 Å². The lowest BCUT2D eigenvalue weighted by Gasteiger charge is -2.34. The first-order valence-electron chi connectivity index (χ1n) is 7.00. The second kappa shape index (κ2) is 5.88. The Kier molecular flexibility index (Phi) is 4.42. The largest absolute Gasteiger partial charge is 0.377 e. The number of aromatic nitrogens is 1. The van der Waals surface area contributed by atoms with Crippen molar-refractivity contribution in [2.45, 2.75) is 45.8 Å². The van der Waals surface area contributed by atoms with E-state index >= 15 is 0 Å². The summed E-state index contributed by atoms with van der Waals surface area (Å²) in [7, 11) is 0. The van der Waals surface area contributed by atoms with Gasteiger partial charge in [-0.15, -0.1) is 0 Å². The Hall–Kier alpha value is -1.13. The summed E-state index contributed by atoms with van der Waals surface area (Å²) >= 11 is 0. The summed E-state index contributed by atoms with van der Waals surface area (Å²) in [5, 5.41) is 3.47. The first-order valence-corrected chi connectivity index (χ1v) is 7.00. The van der Waals surface area contributed by atoms with Crippen molar-refractivity contribution >= 4 is 5.82 Å². The van der Waals surface area contributed by atoms with Gasteiger partial charge in [0.15, 0.2) is 0 Å². The third-order valence-electron chi connectivity index (χ3n) is 3.29. The van der Waals surface area contributed by atoms with E-state index in [4.69, 9.17) is 4.74 Å². The molecule has 0 aliphatic carbocycles. The van der Waals surface area contributed by atoms with Crippen LogP contribution in [0.25, 0.3) is 0 Å². The molecule has 0 saturated carbocycles. The van der Waals surface area contributed by atoms with Crippen LogP contribution in [0.2, 0.25) is 0 Å². The number of anilines is 1. The van der Waals surface area contributed by atoms with E-state index < -0.39 is 0 Å². The number of hydrogen-bond donors (Lipinski definition) is 1. The molecular formula is C15H25N3O. The molecular weight excluding hydrogens is 238 g/mol. The third-order valence-corrected chi connectivity index (χ3v) is 3.29. The average Bonchev–Trinajstić information content (AvgIpc) is 2.37. The molecule has 1 aliphatic rings. The zero-order valence-electron chi connectivity index (χ0n) is 12.4. The number of nitrogens with one attached hydrogen (secondary N) is 1. The van der Waals surface area contributed by atoms with Crippen LogP contribution < -0.4 is 10.2 Å². The van der Waals surface area contributed by atoms with Crippen molar-refractivity contribution in [3.63, 3.8) is 0 Å². The molecule has 0 spiro atoms. The summed E-state index contributed by atoms with van der Waals surface area (Å²) in [5.41, 5.74) is 1.36. The second-order valence-corrected chi connectivity index (χ2v) is 6.25. The van der Waals surface area contributed by atoms with E-state index in [9.17, 15) is 0 Å². The van der Waals surface area contributed by atoms with Crippen LogP contribution in [0.15, 0.2) is 18.3 Å². The van der Waals surface area contributed by atoms with Crippen LogP contribution in [0, 0.1) is 0 Å². The van der Waals surface area contributed by atoms with Crippen molar-refractivity contribution in [2.24, 2.45) is 0 Å². The highest BCUT2D eigenvalue weighted by Gasteiger charge is 2.19. The molecule has 1 aromatic rings. The van der Waals surface area contributed by atoms with Crippen LogP contribution in [0.4, 0.5) is 5.82 Å². The first-order chi connectivity index (χ1) is 8.96. The van der Waals surface area contributed by atoms with Crippen LogP contribution >= 0.6 is 0 Å². The van der Waals surface area contributed by atoms with Crippen LogP contribution in [0.1, 0.15) is 33.3 Å². The maximum Gasteiger partial charge on any atom is 0.128 e. The van der Waals surface area contributed by atoms with Gasteiger partial charge in [-0.25, -0.2) is 4.98 Å². The highest BCUT2D eigenvalue weighted by atomic mass is 16.5. The number of pyridine rings is 1. The highest BCUT2D eigenvalue weighted by Crippen LogP contribution is 2.17. The minimum Gasteiger partial charge on any atom is -0.377 e. The number of nitrogens with zero attached hydrogens (tertiary/aromatic N) is 2. The summed E-state index contributed by atoms with van der Waals surface area (Å²) in [6.45, 7) is 12.0. The van der Waals surface area contributed by atoms with Gasteiger partial charge in [0.2, 0.25) is 0 Å². The molecule has 2 rings (SSSR count). The molecule has 4 heteroatoms. The van der Waals surface area contributed by atoms with Crippen LogP contribution in [0.5, 0.6) is 0 Å². The Morgan fingerprint density at radius 3 is 2.79 bits per heavy atom. The zero-order valence-corrected chi connectivity index (χ0v) is 12.4. The monoisotopic (exact) mass is 263 g/mol. The van der Waals surface area contributed by atoms with E-state index in [1.807, 2.05) is 6.20 Å². The summed E-state index contributed by atoms with van der Waals surface area (Å²) in [5.74, 6) is 1.05. The molecule has 1 atom stereocenters. The first kappa shape index (κ1) is 14.3. The van der Waals surface area contributed by atoms with Gasteiger partial charge in [0.1, 0.15) is 5.82 Å². The SMILES string of the molecule is CC1COCCN1c1ccc(CNC(C)(C)C)cn1. The predicted molar refractivity (Wildman–Crippen MR) is 78.5 cm³/mol. The maximum absolute atomic E-state index is 5.45. The molecule has 0 bridgehead atoms. The Morgan fingerprint density at radius 1 is 1.42 bits per heavy atom. The van der Waals surface area contributed by atoms with Gasteiger partial charge >= 0.3 is 0 Å². The number of ether oxygens (including phenoxy) is 1. The van der Waals surface area contributed by atoms with Gasteiger partial charge in [-0.3, -0.25) is 0 Å². The number of rotatable bonds is 3. The van der Waals surface area contributed by atoms with Gasteiger partial charge in [0.05, 0.1) is 19.3 Å². The quantitative estimate of drug-likeness (QED) is 0.907.